The van der Waals surface area contributed by atoms with E-state index in [4.69, 9.17) is 0 Å². The Morgan fingerprint density at radius 1 is 1.00 bits per heavy atom. The minimum absolute atomic E-state index is 0.0763. The van der Waals surface area contributed by atoms with Crippen LogP contribution in [0.1, 0.15) is 38.2 Å². The van der Waals surface area contributed by atoms with Gasteiger partial charge in [0.15, 0.2) is 5.96 Å². The molecular formula is C23H35N5O2. The van der Waals surface area contributed by atoms with Gasteiger partial charge in [0.2, 0.25) is 11.8 Å². The van der Waals surface area contributed by atoms with Crippen molar-refractivity contribution in [2.75, 3.05) is 39.3 Å². The highest BCUT2D eigenvalue weighted by molar-refractivity contribution is 5.85. The van der Waals surface area contributed by atoms with E-state index in [0.717, 1.165) is 51.7 Å². The molecule has 1 aliphatic carbocycles. The molecule has 0 aromatic heterocycles. The van der Waals surface area contributed by atoms with Crippen LogP contribution in [-0.2, 0) is 16.0 Å². The lowest BCUT2D eigenvalue weighted by atomic mass is 9.90. The molecule has 3 rings (SSSR count). The number of rotatable bonds is 9. The lowest BCUT2D eigenvalue weighted by molar-refractivity contribution is -0.131. The zero-order chi connectivity index (χ0) is 21.2. The average Bonchev–Trinajstić information content (AvgIpc) is 3.61. The summed E-state index contributed by atoms with van der Waals surface area (Å²) in [6.07, 6.45) is 5.20. The third-order valence-corrected chi connectivity index (χ3v) is 5.72. The van der Waals surface area contributed by atoms with Gasteiger partial charge in [-0.25, -0.2) is 4.99 Å². The Hall–Kier alpha value is -2.57. The first-order valence-electron chi connectivity index (χ1n) is 11.3. The number of likely N-dealkylation sites (tertiary alicyclic amines) is 1. The Balaban J connectivity index is 1.36. The summed E-state index contributed by atoms with van der Waals surface area (Å²) in [6.45, 7) is 5.62. The molecule has 0 radical (unpaired) electrons. The van der Waals surface area contributed by atoms with Crippen LogP contribution in [0.2, 0.25) is 0 Å². The van der Waals surface area contributed by atoms with Crippen LogP contribution in [0.25, 0.3) is 0 Å². The monoisotopic (exact) mass is 413 g/mol. The number of aliphatic imine (C=N–C) groups is 1. The molecule has 0 unspecified atom stereocenters. The van der Waals surface area contributed by atoms with Gasteiger partial charge in [-0.05, 0) is 50.5 Å². The summed E-state index contributed by atoms with van der Waals surface area (Å²) in [5.74, 6) is 1.70. The number of piperidine rings is 1. The highest BCUT2D eigenvalue weighted by Crippen LogP contribution is 2.28. The molecular weight excluding hydrogens is 378 g/mol. The maximum atomic E-state index is 12.6. The highest BCUT2D eigenvalue weighted by Gasteiger charge is 2.29. The Morgan fingerprint density at radius 3 is 2.37 bits per heavy atom. The predicted octanol–water partition coefficient (Wildman–Crippen LogP) is 1.55. The predicted molar refractivity (Wildman–Crippen MR) is 119 cm³/mol. The lowest BCUT2D eigenvalue weighted by Gasteiger charge is -2.32. The molecule has 164 valence electrons. The fourth-order valence-electron chi connectivity index (χ4n) is 3.78. The summed E-state index contributed by atoms with van der Waals surface area (Å²) in [5.41, 5.74) is 1.38. The van der Waals surface area contributed by atoms with Crippen molar-refractivity contribution in [2.24, 2.45) is 16.8 Å². The molecule has 2 aliphatic rings. The third kappa shape index (κ3) is 7.35. The standard InChI is InChI=1S/C23H35N5O2/c1-2-24-23(26-13-12-25-22(30)20-8-9-20)27-17-21(29)28-14-10-19(11-15-28)16-18-6-4-3-5-7-18/h3-7,19-20H,2,8-17H2,1H3,(H,25,30)(H2,24,26,27). The first-order valence-corrected chi connectivity index (χ1v) is 11.3. The average molecular weight is 414 g/mol. The molecule has 1 heterocycles. The van der Waals surface area contributed by atoms with Gasteiger partial charge in [0, 0.05) is 38.6 Å². The van der Waals surface area contributed by atoms with Crippen LogP contribution in [-0.4, -0.2) is 61.9 Å². The fourth-order valence-corrected chi connectivity index (χ4v) is 3.78. The van der Waals surface area contributed by atoms with Crippen molar-refractivity contribution in [1.82, 2.24) is 20.9 Å². The Bertz CT molecular complexity index is 710. The van der Waals surface area contributed by atoms with Crippen LogP contribution in [0.5, 0.6) is 0 Å². The van der Waals surface area contributed by atoms with Crippen molar-refractivity contribution in [3.05, 3.63) is 35.9 Å². The van der Waals surface area contributed by atoms with Gasteiger partial charge in [0.1, 0.15) is 6.54 Å². The van der Waals surface area contributed by atoms with Crippen molar-refractivity contribution in [1.29, 1.82) is 0 Å². The van der Waals surface area contributed by atoms with Gasteiger partial charge in [0.25, 0.3) is 0 Å². The van der Waals surface area contributed by atoms with E-state index in [2.05, 4.69) is 45.2 Å². The first-order chi connectivity index (χ1) is 14.7. The second-order valence-corrected chi connectivity index (χ2v) is 8.20. The van der Waals surface area contributed by atoms with Gasteiger partial charge in [-0.3, -0.25) is 9.59 Å². The molecule has 1 aromatic rings. The maximum Gasteiger partial charge on any atom is 0.244 e. The summed E-state index contributed by atoms with van der Waals surface area (Å²) < 4.78 is 0. The molecule has 2 amide bonds. The van der Waals surface area contributed by atoms with Gasteiger partial charge in [-0.2, -0.15) is 0 Å². The number of nitrogens with zero attached hydrogens (tertiary/aromatic N) is 2. The Labute approximate surface area is 179 Å². The summed E-state index contributed by atoms with van der Waals surface area (Å²) in [4.78, 5) is 30.6. The normalized spacial score (nSPS) is 17.5. The van der Waals surface area contributed by atoms with Crippen LogP contribution in [0, 0.1) is 11.8 Å². The smallest absolute Gasteiger partial charge is 0.244 e. The molecule has 1 saturated heterocycles. The van der Waals surface area contributed by atoms with Crippen LogP contribution < -0.4 is 16.0 Å². The van der Waals surface area contributed by atoms with E-state index < -0.39 is 0 Å². The van der Waals surface area contributed by atoms with Crippen LogP contribution >= 0.6 is 0 Å². The molecule has 3 N–H and O–H groups in total. The van der Waals surface area contributed by atoms with Gasteiger partial charge in [-0.1, -0.05) is 30.3 Å². The summed E-state index contributed by atoms with van der Waals surface area (Å²) in [7, 11) is 0. The summed E-state index contributed by atoms with van der Waals surface area (Å²) in [5, 5.41) is 9.26. The molecule has 2 fully saturated rings. The first kappa shape index (κ1) is 22.1. The second kappa shape index (κ2) is 11.6. The second-order valence-electron chi connectivity index (χ2n) is 8.20. The van der Waals surface area contributed by atoms with Crippen molar-refractivity contribution in [3.8, 4) is 0 Å². The van der Waals surface area contributed by atoms with Gasteiger partial charge in [-0.15, -0.1) is 0 Å². The van der Waals surface area contributed by atoms with Crippen molar-refractivity contribution < 1.29 is 9.59 Å². The van der Waals surface area contributed by atoms with E-state index in [9.17, 15) is 9.59 Å². The lowest BCUT2D eigenvalue weighted by Crippen LogP contribution is -2.43. The number of hydrogen-bond acceptors (Lipinski definition) is 3. The quantitative estimate of drug-likeness (QED) is 0.326. The summed E-state index contributed by atoms with van der Waals surface area (Å²) in [6, 6.07) is 10.6. The van der Waals surface area contributed by atoms with E-state index >= 15 is 0 Å². The SMILES string of the molecule is CCNC(=NCC(=O)N1CCC(Cc2ccccc2)CC1)NCCNC(=O)C1CC1. The molecule has 7 nitrogen and oxygen atoms in total. The number of guanidine groups is 1. The zero-order valence-corrected chi connectivity index (χ0v) is 18.0. The number of carbonyl (C=O) groups excluding carboxylic acids is 2. The van der Waals surface area contributed by atoms with Crippen LogP contribution in [0.3, 0.4) is 0 Å². The fraction of sp³-hybridized carbons (Fsp3) is 0.609. The molecule has 7 heteroatoms. The summed E-state index contributed by atoms with van der Waals surface area (Å²) >= 11 is 0. The largest absolute Gasteiger partial charge is 0.357 e. The Kier molecular flexibility index (Phi) is 8.53. The minimum atomic E-state index is 0.0763. The number of benzene rings is 1. The van der Waals surface area contributed by atoms with E-state index in [0.29, 0.717) is 25.0 Å². The van der Waals surface area contributed by atoms with Crippen molar-refractivity contribution in [3.63, 3.8) is 0 Å². The molecule has 0 atom stereocenters. The van der Waals surface area contributed by atoms with Crippen molar-refractivity contribution >= 4 is 17.8 Å². The van der Waals surface area contributed by atoms with E-state index in [1.807, 2.05) is 17.9 Å². The highest BCUT2D eigenvalue weighted by atomic mass is 16.2. The number of nitrogens with one attached hydrogen (secondary N) is 3. The molecule has 1 aliphatic heterocycles. The number of carbonyl (C=O) groups is 2. The van der Waals surface area contributed by atoms with Crippen LogP contribution in [0.15, 0.2) is 35.3 Å². The van der Waals surface area contributed by atoms with E-state index in [1.165, 1.54) is 5.56 Å². The number of amides is 2. The van der Waals surface area contributed by atoms with Crippen LogP contribution in [0.4, 0.5) is 0 Å². The topological polar surface area (TPSA) is 85.8 Å². The molecule has 1 saturated carbocycles. The molecule has 0 spiro atoms. The van der Waals surface area contributed by atoms with Gasteiger partial charge < -0.3 is 20.9 Å². The van der Waals surface area contributed by atoms with E-state index in [1.54, 1.807) is 0 Å². The molecule has 1 aromatic carbocycles. The molecule has 0 bridgehead atoms. The van der Waals surface area contributed by atoms with Gasteiger partial charge in [0.05, 0.1) is 0 Å². The Morgan fingerprint density at radius 2 is 1.70 bits per heavy atom. The van der Waals surface area contributed by atoms with E-state index in [-0.39, 0.29) is 24.3 Å². The maximum absolute atomic E-state index is 12.6. The number of hydrogen-bond donors (Lipinski definition) is 3. The minimum Gasteiger partial charge on any atom is -0.357 e. The zero-order valence-electron chi connectivity index (χ0n) is 18.0. The van der Waals surface area contributed by atoms with Crippen molar-refractivity contribution in [2.45, 2.75) is 39.0 Å². The molecule has 30 heavy (non-hydrogen) atoms. The third-order valence-electron chi connectivity index (χ3n) is 5.72. The van der Waals surface area contributed by atoms with Gasteiger partial charge >= 0.3 is 0 Å².